The first-order valence-electron chi connectivity index (χ1n) is 9.61. The van der Waals surface area contributed by atoms with E-state index in [1.54, 1.807) is 18.3 Å². The summed E-state index contributed by atoms with van der Waals surface area (Å²) in [5.41, 5.74) is 6.08. The molecule has 0 atom stereocenters. The third-order valence-corrected chi connectivity index (χ3v) is 4.54. The lowest BCUT2D eigenvalue weighted by Crippen LogP contribution is -2.17. The van der Waals surface area contributed by atoms with Gasteiger partial charge in [0.05, 0.1) is 6.21 Å². The highest BCUT2D eigenvalue weighted by molar-refractivity contribution is 5.95. The van der Waals surface area contributed by atoms with Gasteiger partial charge in [-0.3, -0.25) is 4.79 Å². The lowest BCUT2D eigenvalue weighted by molar-refractivity contribution is 0.0955. The predicted molar refractivity (Wildman–Crippen MR) is 118 cm³/mol. The largest absolute Gasteiger partial charge is 0.489 e. The number of amides is 1. The summed E-state index contributed by atoms with van der Waals surface area (Å²) >= 11 is 0. The first-order chi connectivity index (χ1) is 14.8. The highest BCUT2D eigenvalue weighted by Crippen LogP contribution is 2.14. The zero-order valence-electron chi connectivity index (χ0n) is 16.3. The van der Waals surface area contributed by atoms with Gasteiger partial charge in [-0.1, -0.05) is 30.3 Å². The van der Waals surface area contributed by atoms with Crippen molar-refractivity contribution in [1.29, 1.82) is 0 Å². The quantitative estimate of drug-likeness (QED) is 0.360. The molecule has 0 radical (unpaired) electrons. The van der Waals surface area contributed by atoms with Crippen LogP contribution in [0.3, 0.4) is 0 Å². The second-order valence-electron chi connectivity index (χ2n) is 6.68. The summed E-state index contributed by atoms with van der Waals surface area (Å²) in [7, 11) is 0. The number of carbonyl (C=O) groups is 1. The molecule has 4 rings (SSSR count). The van der Waals surface area contributed by atoms with Gasteiger partial charge in [-0.15, -0.1) is 0 Å². The molecule has 5 heteroatoms. The molecule has 1 aromatic heterocycles. The Bertz CT molecular complexity index is 1100. The van der Waals surface area contributed by atoms with Crippen LogP contribution in [0.2, 0.25) is 0 Å². The van der Waals surface area contributed by atoms with Crippen LogP contribution in [0.1, 0.15) is 21.5 Å². The zero-order chi connectivity index (χ0) is 20.6. The minimum atomic E-state index is -0.256. The van der Waals surface area contributed by atoms with Gasteiger partial charge < -0.3 is 9.30 Å². The molecule has 148 valence electrons. The van der Waals surface area contributed by atoms with Crippen molar-refractivity contribution < 1.29 is 9.53 Å². The number of hydrogen-bond acceptors (Lipinski definition) is 3. The first kappa shape index (κ1) is 19.2. The van der Waals surface area contributed by atoms with Crippen molar-refractivity contribution in [3.63, 3.8) is 0 Å². The van der Waals surface area contributed by atoms with Crippen molar-refractivity contribution in [1.82, 2.24) is 9.99 Å². The molecule has 0 aliphatic carbocycles. The molecule has 0 spiro atoms. The maximum Gasteiger partial charge on any atom is 0.271 e. The second kappa shape index (κ2) is 9.39. The molecule has 5 nitrogen and oxygen atoms in total. The number of nitrogens with one attached hydrogen (secondary N) is 1. The molecule has 30 heavy (non-hydrogen) atoms. The van der Waals surface area contributed by atoms with Gasteiger partial charge in [0.25, 0.3) is 5.91 Å². The second-order valence-corrected chi connectivity index (χ2v) is 6.68. The summed E-state index contributed by atoms with van der Waals surface area (Å²) in [6.07, 6.45) is 5.52. The average molecular weight is 395 g/mol. The molecule has 0 unspecified atom stereocenters. The molecule has 0 bridgehead atoms. The Labute approximate surface area is 175 Å². The SMILES string of the molecule is O=C(NN=Cc1ccc(OCc2ccccc2)cc1)c1ccc(-n2cccc2)cc1. The standard InChI is InChI=1S/C25H21N3O2/c29-25(22-10-12-23(13-11-22)28-16-4-5-17-28)27-26-18-20-8-14-24(15-9-20)30-19-21-6-2-1-3-7-21/h1-18H,19H2,(H,27,29). The zero-order valence-corrected chi connectivity index (χ0v) is 16.3. The fourth-order valence-electron chi connectivity index (χ4n) is 2.91. The lowest BCUT2D eigenvalue weighted by atomic mass is 10.2. The molecule has 1 amide bonds. The topological polar surface area (TPSA) is 55.6 Å². The minimum Gasteiger partial charge on any atom is -0.489 e. The van der Waals surface area contributed by atoms with E-state index in [1.165, 1.54) is 0 Å². The van der Waals surface area contributed by atoms with Gasteiger partial charge in [0.1, 0.15) is 12.4 Å². The van der Waals surface area contributed by atoms with Crippen molar-refractivity contribution >= 4 is 12.1 Å². The number of ether oxygens (including phenoxy) is 1. The summed E-state index contributed by atoms with van der Waals surface area (Å²) < 4.78 is 7.75. The fraction of sp³-hybridized carbons (Fsp3) is 0.0400. The maximum atomic E-state index is 12.3. The molecule has 1 heterocycles. The average Bonchev–Trinajstić information content (AvgIpc) is 3.34. The molecule has 0 saturated carbocycles. The highest BCUT2D eigenvalue weighted by Gasteiger charge is 2.04. The van der Waals surface area contributed by atoms with E-state index in [0.717, 1.165) is 22.6 Å². The molecule has 1 N–H and O–H groups in total. The monoisotopic (exact) mass is 395 g/mol. The summed E-state index contributed by atoms with van der Waals surface area (Å²) in [6, 6.07) is 28.8. The van der Waals surface area contributed by atoms with Crippen molar-refractivity contribution in [3.05, 3.63) is 120 Å². The summed E-state index contributed by atoms with van der Waals surface area (Å²) in [4.78, 5) is 12.3. The van der Waals surface area contributed by atoms with Crippen LogP contribution in [0, 0.1) is 0 Å². The van der Waals surface area contributed by atoms with Crippen LogP contribution >= 0.6 is 0 Å². The number of hydrazone groups is 1. The molecule has 0 fully saturated rings. The Morgan fingerprint density at radius 2 is 1.57 bits per heavy atom. The number of hydrogen-bond donors (Lipinski definition) is 1. The van der Waals surface area contributed by atoms with Crippen LogP contribution in [0.5, 0.6) is 5.75 Å². The van der Waals surface area contributed by atoms with Gasteiger partial charge in [0.2, 0.25) is 0 Å². The van der Waals surface area contributed by atoms with E-state index in [1.807, 2.05) is 95.8 Å². The van der Waals surface area contributed by atoms with E-state index in [9.17, 15) is 4.79 Å². The van der Waals surface area contributed by atoms with Crippen molar-refractivity contribution in [2.24, 2.45) is 5.10 Å². The Morgan fingerprint density at radius 1 is 0.867 bits per heavy atom. The van der Waals surface area contributed by atoms with Crippen LogP contribution in [-0.2, 0) is 6.61 Å². The molecule has 4 aromatic rings. The van der Waals surface area contributed by atoms with Gasteiger partial charge in [-0.2, -0.15) is 5.10 Å². The summed E-state index contributed by atoms with van der Waals surface area (Å²) in [6.45, 7) is 0.521. The summed E-state index contributed by atoms with van der Waals surface area (Å²) in [5, 5.41) is 4.04. The van der Waals surface area contributed by atoms with Crippen LogP contribution in [0.25, 0.3) is 5.69 Å². The van der Waals surface area contributed by atoms with E-state index in [0.29, 0.717) is 12.2 Å². The molecular formula is C25H21N3O2. The van der Waals surface area contributed by atoms with Crippen molar-refractivity contribution in [3.8, 4) is 11.4 Å². The van der Waals surface area contributed by atoms with Gasteiger partial charge in [0.15, 0.2) is 0 Å². The molecule has 3 aromatic carbocycles. The van der Waals surface area contributed by atoms with E-state index >= 15 is 0 Å². The Balaban J connectivity index is 1.29. The van der Waals surface area contributed by atoms with E-state index < -0.39 is 0 Å². The van der Waals surface area contributed by atoms with Gasteiger partial charge in [0, 0.05) is 23.6 Å². The van der Waals surface area contributed by atoms with Gasteiger partial charge >= 0.3 is 0 Å². The van der Waals surface area contributed by atoms with E-state index in [2.05, 4.69) is 10.5 Å². The number of nitrogens with zero attached hydrogens (tertiary/aromatic N) is 2. The Morgan fingerprint density at radius 3 is 2.27 bits per heavy atom. The number of aromatic nitrogens is 1. The molecule has 0 aliphatic heterocycles. The molecule has 0 aliphatic rings. The van der Waals surface area contributed by atoms with Gasteiger partial charge in [-0.05, 0) is 71.8 Å². The smallest absolute Gasteiger partial charge is 0.271 e. The highest BCUT2D eigenvalue weighted by atomic mass is 16.5. The van der Waals surface area contributed by atoms with Crippen LogP contribution < -0.4 is 10.2 Å². The van der Waals surface area contributed by atoms with E-state index in [-0.39, 0.29) is 5.91 Å². The minimum absolute atomic E-state index is 0.256. The van der Waals surface area contributed by atoms with Crippen LogP contribution in [0.4, 0.5) is 0 Å². The van der Waals surface area contributed by atoms with Crippen molar-refractivity contribution in [2.75, 3.05) is 0 Å². The number of benzene rings is 3. The Kier molecular flexibility index (Phi) is 6.01. The van der Waals surface area contributed by atoms with E-state index in [4.69, 9.17) is 4.74 Å². The summed E-state index contributed by atoms with van der Waals surface area (Å²) in [5.74, 6) is 0.524. The van der Waals surface area contributed by atoms with Crippen molar-refractivity contribution in [2.45, 2.75) is 6.61 Å². The number of carbonyl (C=O) groups excluding carboxylic acids is 1. The Hall–Kier alpha value is -4.12. The normalized spacial score (nSPS) is 10.8. The van der Waals surface area contributed by atoms with Gasteiger partial charge in [-0.25, -0.2) is 5.43 Å². The van der Waals surface area contributed by atoms with Crippen LogP contribution in [-0.4, -0.2) is 16.7 Å². The third kappa shape index (κ3) is 5.02. The molecular weight excluding hydrogens is 374 g/mol. The molecule has 0 saturated heterocycles. The first-order valence-corrected chi connectivity index (χ1v) is 9.61. The maximum absolute atomic E-state index is 12.3. The lowest BCUT2D eigenvalue weighted by Gasteiger charge is -2.06. The third-order valence-electron chi connectivity index (χ3n) is 4.54. The predicted octanol–water partition coefficient (Wildman–Crippen LogP) is 4.82. The fourth-order valence-corrected chi connectivity index (χ4v) is 2.91. The van der Waals surface area contributed by atoms with Crippen LogP contribution in [0.15, 0.2) is 108 Å². The number of rotatable bonds is 7.